The average molecular weight is 346 g/mol. The molecule has 0 aliphatic carbocycles. The van der Waals surface area contributed by atoms with E-state index in [9.17, 15) is 9.18 Å². The van der Waals surface area contributed by atoms with Gasteiger partial charge < -0.3 is 4.90 Å². The molecule has 1 saturated heterocycles. The van der Waals surface area contributed by atoms with Crippen molar-refractivity contribution < 1.29 is 9.18 Å². The quantitative estimate of drug-likeness (QED) is 0.699. The predicted octanol–water partition coefficient (Wildman–Crippen LogP) is 4.52. The van der Waals surface area contributed by atoms with Crippen LogP contribution in [0.2, 0.25) is 0 Å². The highest BCUT2D eigenvalue weighted by molar-refractivity contribution is 5.95. The van der Waals surface area contributed by atoms with Crippen molar-refractivity contribution in [2.45, 2.75) is 12.3 Å². The van der Waals surface area contributed by atoms with Gasteiger partial charge in [0.05, 0.1) is 0 Å². The molecule has 2 heterocycles. The van der Waals surface area contributed by atoms with Gasteiger partial charge >= 0.3 is 0 Å². The van der Waals surface area contributed by atoms with E-state index in [-0.39, 0.29) is 11.7 Å². The summed E-state index contributed by atoms with van der Waals surface area (Å²) in [4.78, 5) is 18.9. The van der Waals surface area contributed by atoms with Crippen molar-refractivity contribution in [1.29, 1.82) is 0 Å². The fraction of sp³-hybridized carbons (Fsp3) is 0.182. The van der Waals surface area contributed by atoms with Crippen LogP contribution >= 0.6 is 0 Å². The molecule has 1 unspecified atom stereocenters. The first-order valence-electron chi connectivity index (χ1n) is 8.76. The number of hydrogen-bond donors (Lipinski definition) is 0. The van der Waals surface area contributed by atoms with Crippen LogP contribution in [-0.2, 0) is 0 Å². The van der Waals surface area contributed by atoms with E-state index in [1.54, 1.807) is 18.3 Å². The molecule has 0 radical (unpaired) electrons. The van der Waals surface area contributed by atoms with Crippen LogP contribution < -0.4 is 0 Å². The molecule has 0 N–H and O–H groups in total. The molecule has 130 valence electrons. The molecule has 26 heavy (non-hydrogen) atoms. The largest absolute Gasteiger partial charge is 0.338 e. The highest BCUT2D eigenvalue weighted by atomic mass is 19.1. The van der Waals surface area contributed by atoms with Crippen LogP contribution in [0.4, 0.5) is 4.39 Å². The van der Waals surface area contributed by atoms with Gasteiger partial charge in [-0.1, -0.05) is 30.3 Å². The first-order valence-corrected chi connectivity index (χ1v) is 8.76. The number of halogens is 1. The van der Waals surface area contributed by atoms with E-state index in [0.717, 1.165) is 30.6 Å². The van der Waals surface area contributed by atoms with Crippen LogP contribution in [0.1, 0.15) is 28.3 Å². The third-order valence-electron chi connectivity index (χ3n) is 4.94. The number of nitrogens with zero attached hydrogens (tertiary/aromatic N) is 2. The zero-order chi connectivity index (χ0) is 17.9. The van der Waals surface area contributed by atoms with Crippen LogP contribution in [0.5, 0.6) is 0 Å². The Morgan fingerprint density at radius 1 is 1.00 bits per heavy atom. The second-order valence-corrected chi connectivity index (χ2v) is 6.61. The van der Waals surface area contributed by atoms with Crippen molar-refractivity contribution in [2.75, 3.05) is 13.1 Å². The summed E-state index contributed by atoms with van der Waals surface area (Å²) in [5, 5.41) is 0. The Hall–Kier alpha value is -3.01. The Bertz CT molecular complexity index is 892. The van der Waals surface area contributed by atoms with Crippen molar-refractivity contribution in [3.8, 4) is 11.1 Å². The Morgan fingerprint density at radius 3 is 2.35 bits per heavy atom. The SMILES string of the molecule is O=C(c1ccc(-c2ccc(F)cc2)cc1)N1CCC(c2cccnc2)C1. The normalized spacial score (nSPS) is 16.7. The molecule has 1 amide bonds. The molecule has 4 heteroatoms. The van der Waals surface area contributed by atoms with E-state index in [4.69, 9.17) is 0 Å². The van der Waals surface area contributed by atoms with Gasteiger partial charge in [-0.3, -0.25) is 9.78 Å². The summed E-state index contributed by atoms with van der Waals surface area (Å²) < 4.78 is 13.0. The minimum atomic E-state index is -0.252. The van der Waals surface area contributed by atoms with Gasteiger partial charge in [0.2, 0.25) is 0 Å². The molecule has 2 aromatic carbocycles. The first-order chi connectivity index (χ1) is 12.7. The van der Waals surface area contributed by atoms with E-state index < -0.39 is 0 Å². The fourth-order valence-electron chi connectivity index (χ4n) is 3.46. The molecule has 0 saturated carbocycles. The molecule has 1 atom stereocenters. The lowest BCUT2D eigenvalue weighted by molar-refractivity contribution is 0.0791. The van der Waals surface area contributed by atoms with Gasteiger partial charge in [0.25, 0.3) is 5.91 Å². The standard InChI is InChI=1S/C22H19FN2O/c23-21-9-7-17(8-10-21)16-3-5-18(6-4-16)22(26)25-13-11-20(15-25)19-2-1-12-24-14-19/h1-10,12,14,20H,11,13,15H2. The smallest absolute Gasteiger partial charge is 0.253 e. The molecule has 0 spiro atoms. The molecular weight excluding hydrogens is 327 g/mol. The summed E-state index contributed by atoms with van der Waals surface area (Å²) in [7, 11) is 0. The van der Waals surface area contributed by atoms with E-state index in [1.165, 1.54) is 17.7 Å². The molecule has 1 aliphatic heterocycles. The van der Waals surface area contributed by atoms with Crippen LogP contribution in [0.15, 0.2) is 73.1 Å². The highest BCUT2D eigenvalue weighted by Gasteiger charge is 2.28. The van der Waals surface area contributed by atoms with Crippen LogP contribution in [0, 0.1) is 5.82 Å². The van der Waals surface area contributed by atoms with Gasteiger partial charge in [-0.25, -0.2) is 4.39 Å². The number of aromatic nitrogens is 1. The average Bonchev–Trinajstić information content (AvgIpc) is 3.19. The van der Waals surface area contributed by atoms with Crippen LogP contribution in [0.3, 0.4) is 0 Å². The van der Waals surface area contributed by atoms with Gasteiger partial charge in [-0.15, -0.1) is 0 Å². The van der Waals surface area contributed by atoms with Crippen molar-refractivity contribution >= 4 is 5.91 Å². The fourth-order valence-corrected chi connectivity index (χ4v) is 3.46. The van der Waals surface area contributed by atoms with Gasteiger partial charge in [0.15, 0.2) is 0 Å². The Kier molecular flexibility index (Phi) is 4.48. The molecule has 4 rings (SSSR count). The second-order valence-electron chi connectivity index (χ2n) is 6.61. The maximum atomic E-state index is 13.0. The highest BCUT2D eigenvalue weighted by Crippen LogP contribution is 2.28. The zero-order valence-corrected chi connectivity index (χ0v) is 14.3. The molecule has 0 bridgehead atoms. The number of likely N-dealkylation sites (tertiary alicyclic amines) is 1. The minimum absolute atomic E-state index is 0.0575. The minimum Gasteiger partial charge on any atom is -0.338 e. The number of carbonyl (C=O) groups is 1. The summed E-state index contributed by atoms with van der Waals surface area (Å²) in [6.07, 6.45) is 4.62. The Balaban J connectivity index is 1.46. The number of rotatable bonds is 3. The van der Waals surface area contributed by atoms with Crippen LogP contribution in [0.25, 0.3) is 11.1 Å². The lowest BCUT2D eigenvalue weighted by Gasteiger charge is -2.17. The second kappa shape index (κ2) is 7.08. The molecular formula is C22H19FN2O. The summed E-state index contributed by atoms with van der Waals surface area (Å²) >= 11 is 0. The molecule has 3 nitrogen and oxygen atoms in total. The summed E-state index contributed by atoms with van der Waals surface area (Å²) in [5.41, 5.74) is 3.77. The Labute approximate surface area is 152 Å². The maximum Gasteiger partial charge on any atom is 0.253 e. The summed E-state index contributed by atoms with van der Waals surface area (Å²) in [6.45, 7) is 1.49. The van der Waals surface area contributed by atoms with Crippen molar-refractivity contribution in [1.82, 2.24) is 9.88 Å². The molecule has 3 aromatic rings. The molecule has 1 aromatic heterocycles. The van der Waals surface area contributed by atoms with Gasteiger partial charge in [-0.2, -0.15) is 0 Å². The summed E-state index contributed by atoms with van der Waals surface area (Å²) in [6, 6.07) is 17.9. The number of hydrogen-bond acceptors (Lipinski definition) is 2. The zero-order valence-electron chi connectivity index (χ0n) is 14.3. The van der Waals surface area contributed by atoms with Crippen molar-refractivity contribution in [3.63, 3.8) is 0 Å². The van der Waals surface area contributed by atoms with E-state index in [2.05, 4.69) is 11.1 Å². The monoisotopic (exact) mass is 346 g/mol. The van der Waals surface area contributed by atoms with E-state index in [0.29, 0.717) is 11.5 Å². The summed E-state index contributed by atoms with van der Waals surface area (Å²) in [5.74, 6) is 0.158. The van der Waals surface area contributed by atoms with Crippen molar-refractivity contribution in [2.24, 2.45) is 0 Å². The van der Waals surface area contributed by atoms with E-state index in [1.807, 2.05) is 41.4 Å². The topological polar surface area (TPSA) is 33.2 Å². The first kappa shape index (κ1) is 16.5. The number of carbonyl (C=O) groups excluding carboxylic acids is 1. The maximum absolute atomic E-state index is 13.0. The van der Waals surface area contributed by atoms with Gasteiger partial charge in [0, 0.05) is 37.0 Å². The number of amides is 1. The van der Waals surface area contributed by atoms with Crippen LogP contribution in [-0.4, -0.2) is 28.9 Å². The Morgan fingerprint density at radius 2 is 1.69 bits per heavy atom. The van der Waals surface area contributed by atoms with Crippen molar-refractivity contribution in [3.05, 3.63) is 90.0 Å². The lowest BCUT2D eigenvalue weighted by atomic mass is 10.0. The van der Waals surface area contributed by atoms with Gasteiger partial charge in [-0.05, 0) is 53.4 Å². The molecule has 1 aliphatic rings. The third-order valence-corrected chi connectivity index (χ3v) is 4.94. The third kappa shape index (κ3) is 3.36. The van der Waals surface area contributed by atoms with Gasteiger partial charge in [0.1, 0.15) is 5.82 Å². The number of benzene rings is 2. The predicted molar refractivity (Wildman–Crippen MR) is 99.3 cm³/mol. The number of pyridine rings is 1. The molecule has 1 fully saturated rings. The lowest BCUT2D eigenvalue weighted by Crippen LogP contribution is -2.28. The van der Waals surface area contributed by atoms with E-state index >= 15 is 0 Å².